The fourth-order valence-electron chi connectivity index (χ4n) is 11.0. The van der Waals surface area contributed by atoms with Crippen molar-refractivity contribution in [2.24, 2.45) is 0 Å². The van der Waals surface area contributed by atoms with E-state index in [1.165, 1.54) is 125 Å². The van der Waals surface area contributed by atoms with Gasteiger partial charge in [0.1, 0.15) is 0 Å². The number of aromatic nitrogens is 2. The number of fused-ring (bicyclic) bond motifs is 16. The van der Waals surface area contributed by atoms with Crippen LogP contribution in [0.25, 0.3) is 87.0 Å². The molecule has 0 amide bonds. The lowest BCUT2D eigenvalue weighted by Crippen LogP contribution is -2.60. The molecule has 0 atom stereocenters. The van der Waals surface area contributed by atoms with Crippen molar-refractivity contribution >= 4 is 115 Å². The van der Waals surface area contributed by atoms with Crippen LogP contribution in [0, 0.1) is 0 Å². The highest BCUT2D eigenvalue weighted by molar-refractivity contribution is 7.34. The maximum absolute atomic E-state index is 2.66. The number of benzene rings is 8. The molecule has 11 aromatic rings. The smallest absolute Gasteiger partial charge is 0.267 e. The fourth-order valence-corrected chi connectivity index (χ4v) is 12.3. The normalized spacial score (nSPS) is 13.8. The molecule has 0 spiro atoms. The third kappa shape index (κ3) is 3.62. The molecule has 266 valence electrons. The van der Waals surface area contributed by atoms with Gasteiger partial charge in [0.25, 0.3) is 6.71 Å². The second-order valence-corrected chi connectivity index (χ2v) is 18.3. The van der Waals surface area contributed by atoms with E-state index in [4.69, 9.17) is 0 Å². The summed E-state index contributed by atoms with van der Waals surface area (Å²) in [6.45, 7) is 7.01. The molecule has 3 aliphatic rings. The Bertz CT molecular complexity index is 3630. The third-order valence-electron chi connectivity index (χ3n) is 13.3. The number of hydrogen-bond acceptors (Lipinski definition) is 2. The molecule has 0 radical (unpaired) electrons. The highest BCUT2D eigenvalue weighted by Gasteiger charge is 2.48. The first-order chi connectivity index (χ1) is 28.0. The van der Waals surface area contributed by atoms with Gasteiger partial charge in [0.15, 0.2) is 0 Å². The average Bonchev–Trinajstić information content (AvgIpc) is 3.90. The van der Waals surface area contributed by atoms with Gasteiger partial charge < -0.3 is 14.0 Å². The number of rotatable bonds is 1. The maximum atomic E-state index is 2.66. The van der Waals surface area contributed by atoms with Crippen LogP contribution in [0.15, 0.2) is 152 Å². The van der Waals surface area contributed by atoms with Crippen molar-refractivity contribution in [1.29, 1.82) is 0 Å². The first-order valence-corrected chi connectivity index (χ1v) is 20.9. The summed E-state index contributed by atoms with van der Waals surface area (Å²) in [6, 6.07) is 57.6. The summed E-state index contributed by atoms with van der Waals surface area (Å²) in [5.74, 6) is 0. The molecule has 3 aromatic heterocycles. The first-order valence-electron chi connectivity index (χ1n) is 20.1. The van der Waals surface area contributed by atoms with Crippen molar-refractivity contribution < 1.29 is 0 Å². The topological polar surface area (TPSA) is 13.1 Å². The van der Waals surface area contributed by atoms with Crippen LogP contribution in [0.1, 0.15) is 26.3 Å². The Morgan fingerprint density at radius 1 is 0.509 bits per heavy atom. The minimum Gasteiger partial charge on any atom is -0.310 e. The van der Waals surface area contributed by atoms with Gasteiger partial charge in [0.2, 0.25) is 0 Å². The molecule has 0 saturated carbocycles. The lowest BCUT2D eigenvalue weighted by Gasteiger charge is -2.43. The van der Waals surface area contributed by atoms with Gasteiger partial charge in [-0.05, 0) is 87.5 Å². The van der Waals surface area contributed by atoms with E-state index in [0.29, 0.717) is 0 Å². The van der Waals surface area contributed by atoms with E-state index in [0.717, 1.165) is 0 Å². The minimum atomic E-state index is 0.0138. The molecular formula is C52H34BN3S. The van der Waals surface area contributed by atoms with Gasteiger partial charge in [-0.3, -0.25) is 0 Å². The largest absolute Gasteiger partial charge is 0.310 e. The van der Waals surface area contributed by atoms with Crippen molar-refractivity contribution in [2.75, 3.05) is 4.90 Å². The molecule has 3 aliphatic heterocycles. The summed E-state index contributed by atoms with van der Waals surface area (Å²) in [7, 11) is 0. The Kier molecular flexibility index (Phi) is 5.51. The van der Waals surface area contributed by atoms with Crippen LogP contribution in [0.2, 0.25) is 0 Å². The summed E-state index contributed by atoms with van der Waals surface area (Å²) < 4.78 is 7.96. The van der Waals surface area contributed by atoms with E-state index < -0.39 is 0 Å². The number of thiophene rings is 1. The van der Waals surface area contributed by atoms with E-state index >= 15 is 0 Å². The summed E-state index contributed by atoms with van der Waals surface area (Å²) in [4.78, 5) is 2.66. The second kappa shape index (κ2) is 10.2. The lowest BCUT2D eigenvalue weighted by atomic mass is 9.36. The van der Waals surface area contributed by atoms with Crippen LogP contribution >= 0.6 is 11.3 Å². The quantitative estimate of drug-likeness (QED) is 0.153. The Morgan fingerprint density at radius 2 is 1.25 bits per heavy atom. The van der Waals surface area contributed by atoms with Crippen LogP contribution in [-0.4, -0.2) is 15.8 Å². The van der Waals surface area contributed by atoms with Gasteiger partial charge >= 0.3 is 0 Å². The zero-order valence-corrected chi connectivity index (χ0v) is 32.6. The maximum Gasteiger partial charge on any atom is 0.267 e. The van der Waals surface area contributed by atoms with Crippen molar-refractivity contribution in [3.05, 3.63) is 157 Å². The van der Waals surface area contributed by atoms with E-state index in [1.807, 2.05) is 11.3 Å². The predicted molar refractivity (Wildman–Crippen MR) is 245 cm³/mol. The zero-order valence-electron chi connectivity index (χ0n) is 31.8. The summed E-state index contributed by atoms with van der Waals surface area (Å²) in [5.41, 5.74) is 18.4. The minimum absolute atomic E-state index is 0.0138. The lowest BCUT2D eigenvalue weighted by molar-refractivity contribution is 0.591. The van der Waals surface area contributed by atoms with Crippen LogP contribution in [0.4, 0.5) is 17.1 Å². The molecule has 6 heterocycles. The van der Waals surface area contributed by atoms with Gasteiger partial charge in [-0.15, -0.1) is 11.3 Å². The fraction of sp³-hybridized carbons (Fsp3) is 0.0769. The number of anilines is 3. The van der Waals surface area contributed by atoms with Gasteiger partial charge in [-0.1, -0.05) is 118 Å². The van der Waals surface area contributed by atoms with Gasteiger partial charge in [0, 0.05) is 58.7 Å². The van der Waals surface area contributed by atoms with E-state index in [2.05, 4.69) is 186 Å². The molecule has 0 bridgehead atoms. The standard InChI is InChI=1S/C52H34BN3S/c1-52(2,3)30-23-25-40-36(27-30)38-28-37-32-17-7-9-20-39(32)54(31-15-5-4-6-16-31)48(37)46-49(38)55(40)42-26-24-34-33-19-11-13-29-14-12-21-41(44(29)33)56-47(34)45(42)53(46)51-50(56)35-18-8-10-22-43(35)57-51/h4-28H,1-3H3. The molecule has 5 heteroatoms. The number of hydrogen-bond donors (Lipinski definition) is 0. The van der Waals surface area contributed by atoms with Crippen LogP contribution in [0.3, 0.4) is 0 Å². The van der Waals surface area contributed by atoms with Gasteiger partial charge in [0.05, 0.1) is 39.1 Å². The first kappa shape index (κ1) is 30.6. The molecular weight excluding hydrogens is 709 g/mol. The molecule has 14 rings (SSSR count). The molecule has 0 saturated heterocycles. The van der Waals surface area contributed by atoms with E-state index in [-0.39, 0.29) is 12.1 Å². The molecule has 0 N–H and O–H groups in total. The van der Waals surface area contributed by atoms with Crippen molar-refractivity contribution in [3.8, 4) is 22.5 Å². The van der Waals surface area contributed by atoms with Crippen molar-refractivity contribution in [2.45, 2.75) is 26.2 Å². The van der Waals surface area contributed by atoms with Crippen LogP contribution < -0.4 is 20.6 Å². The zero-order chi connectivity index (χ0) is 37.5. The second-order valence-electron chi connectivity index (χ2n) is 17.2. The third-order valence-corrected chi connectivity index (χ3v) is 14.6. The average molecular weight is 744 g/mol. The monoisotopic (exact) mass is 743 g/mol. The van der Waals surface area contributed by atoms with Gasteiger partial charge in [-0.25, -0.2) is 0 Å². The Labute approximate surface area is 333 Å². The van der Waals surface area contributed by atoms with E-state index in [1.54, 1.807) is 0 Å². The Balaban J connectivity index is 1.27. The van der Waals surface area contributed by atoms with Crippen molar-refractivity contribution in [1.82, 2.24) is 9.13 Å². The van der Waals surface area contributed by atoms with Crippen LogP contribution in [0.5, 0.6) is 0 Å². The molecule has 8 aromatic carbocycles. The molecule has 0 fully saturated rings. The van der Waals surface area contributed by atoms with Crippen LogP contribution in [-0.2, 0) is 5.41 Å². The summed E-state index contributed by atoms with van der Waals surface area (Å²) in [6.07, 6.45) is 0. The molecule has 57 heavy (non-hydrogen) atoms. The Morgan fingerprint density at radius 3 is 2.11 bits per heavy atom. The highest BCUT2D eigenvalue weighted by atomic mass is 32.1. The predicted octanol–water partition coefficient (Wildman–Crippen LogP) is 12.1. The molecule has 3 nitrogen and oxygen atoms in total. The Hall–Kier alpha value is -6.56. The molecule has 0 unspecified atom stereocenters. The number of para-hydroxylation sites is 2. The summed E-state index contributed by atoms with van der Waals surface area (Å²) in [5, 5.41) is 9.19. The SMILES string of the molecule is CC(C)(C)c1ccc2c(c1)c1cc3c4ccccc4n(-c4ccccc4)c3c3c1n2-c1ccc2c4c1B3c1sc3ccccc3c1N4c1cccc3cccc-2c13. The van der Waals surface area contributed by atoms with Crippen molar-refractivity contribution in [3.63, 3.8) is 0 Å². The van der Waals surface area contributed by atoms with Gasteiger partial charge in [-0.2, -0.15) is 0 Å². The molecule has 0 aliphatic carbocycles. The van der Waals surface area contributed by atoms with E-state index in [9.17, 15) is 0 Å². The number of nitrogens with zero attached hydrogens (tertiary/aromatic N) is 3. The highest BCUT2D eigenvalue weighted by Crippen LogP contribution is 2.55. The summed E-state index contributed by atoms with van der Waals surface area (Å²) >= 11 is 1.99.